The van der Waals surface area contributed by atoms with Gasteiger partial charge in [-0.3, -0.25) is 0 Å². The van der Waals surface area contributed by atoms with Crippen molar-refractivity contribution in [3.8, 4) is 11.5 Å². The van der Waals surface area contributed by atoms with Crippen molar-refractivity contribution in [1.82, 2.24) is 5.32 Å². The number of piperidine rings is 1. The average molecular weight is 271 g/mol. The molecule has 1 atom stereocenters. The number of halogens is 2. The van der Waals surface area contributed by atoms with Crippen LogP contribution in [-0.2, 0) is 0 Å². The summed E-state index contributed by atoms with van der Waals surface area (Å²) in [5.41, 5.74) is 0.643. The van der Waals surface area contributed by atoms with Gasteiger partial charge in [0.25, 0.3) is 6.43 Å². The lowest BCUT2D eigenvalue weighted by Crippen LogP contribution is -2.27. The van der Waals surface area contributed by atoms with Crippen LogP contribution < -0.4 is 14.8 Å². The summed E-state index contributed by atoms with van der Waals surface area (Å²) >= 11 is 0. The molecule has 1 fully saturated rings. The number of ether oxygens (including phenoxy) is 2. The lowest BCUT2D eigenvalue weighted by atomic mass is 9.93. The molecular formula is C14H19F2NO2. The molecule has 5 heteroatoms. The second-order valence-corrected chi connectivity index (χ2v) is 4.64. The summed E-state index contributed by atoms with van der Waals surface area (Å²) in [6, 6.07) is 3.02. The molecule has 1 unspecified atom stereocenters. The van der Waals surface area contributed by atoms with Gasteiger partial charge in [0.1, 0.15) is 0 Å². The standard InChI is InChI=1S/C14H19F2NO2/c1-18-12-7-9(11-5-3-4-6-17-11)10(14(15)16)8-13(12)19-2/h7-8,11,14,17H,3-6H2,1-2H3. The third kappa shape index (κ3) is 2.97. The summed E-state index contributed by atoms with van der Waals surface area (Å²) in [7, 11) is 2.96. The predicted molar refractivity (Wildman–Crippen MR) is 69.1 cm³/mol. The Morgan fingerprint density at radius 2 is 1.84 bits per heavy atom. The van der Waals surface area contributed by atoms with Gasteiger partial charge in [-0.05, 0) is 37.1 Å². The summed E-state index contributed by atoms with van der Waals surface area (Å²) in [6.07, 6.45) is 0.496. The fourth-order valence-electron chi connectivity index (χ4n) is 2.52. The van der Waals surface area contributed by atoms with E-state index in [2.05, 4.69) is 5.32 Å². The lowest BCUT2D eigenvalue weighted by Gasteiger charge is -2.26. The summed E-state index contributed by atoms with van der Waals surface area (Å²) in [4.78, 5) is 0. The Hall–Kier alpha value is -1.36. The van der Waals surface area contributed by atoms with Crippen LogP contribution in [0, 0.1) is 0 Å². The fraction of sp³-hybridized carbons (Fsp3) is 0.571. The second-order valence-electron chi connectivity index (χ2n) is 4.64. The van der Waals surface area contributed by atoms with E-state index in [4.69, 9.17) is 9.47 Å². The molecule has 1 aromatic rings. The molecule has 0 spiro atoms. The number of methoxy groups -OCH3 is 2. The maximum atomic E-state index is 13.2. The van der Waals surface area contributed by atoms with E-state index >= 15 is 0 Å². The van der Waals surface area contributed by atoms with E-state index in [0.29, 0.717) is 17.1 Å². The highest BCUT2D eigenvalue weighted by Gasteiger charge is 2.24. The average Bonchev–Trinajstić information content (AvgIpc) is 2.46. The van der Waals surface area contributed by atoms with Gasteiger partial charge in [0, 0.05) is 11.6 Å². The largest absolute Gasteiger partial charge is 0.493 e. The maximum absolute atomic E-state index is 13.2. The quantitative estimate of drug-likeness (QED) is 0.909. The van der Waals surface area contributed by atoms with Crippen molar-refractivity contribution in [2.24, 2.45) is 0 Å². The van der Waals surface area contributed by atoms with Crippen molar-refractivity contribution in [3.63, 3.8) is 0 Å². The summed E-state index contributed by atoms with van der Waals surface area (Å²) < 4.78 is 36.7. The summed E-state index contributed by atoms with van der Waals surface area (Å²) in [6.45, 7) is 0.863. The molecule has 0 bridgehead atoms. The normalized spacial score (nSPS) is 19.5. The zero-order chi connectivity index (χ0) is 13.8. The molecule has 1 heterocycles. The van der Waals surface area contributed by atoms with Crippen LogP contribution in [0.4, 0.5) is 8.78 Å². The molecule has 2 rings (SSSR count). The van der Waals surface area contributed by atoms with Crippen LogP contribution in [0.1, 0.15) is 42.9 Å². The zero-order valence-corrected chi connectivity index (χ0v) is 11.2. The number of benzene rings is 1. The third-order valence-electron chi connectivity index (χ3n) is 3.51. The smallest absolute Gasteiger partial charge is 0.264 e. The van der Waals surface area contributed by atoms with E-state index < -0.39 is 6.43 Å². The zero-order valence-electron chi connectivity index (χ0n) is 11.2. The Morgan fingerprint density at radius 1 is 1.16 bits per heavy atom. The molecule has 1 aromatic carbocycles. The molecule has 1 saturated heterocycles. The Bertz CT molecular complexity index is 432. The predicted octanol–water partition coefficient (Wildman–Crippen LogP) is 3.46. The van der Waals surface area contributed by atoms with Gasteiger partial charge in [0.15, 0.2) is 11.5 Å². The number of hydrogen-bond donors (Lipinski definition) is 1. The van der Waals surface area contributed by atoms with Crippen LogP contribution in [0.2, 0.25) is 0 Å². The highest BCUT2D eigenvalue weighted by atomic mass is 19.3. The SMILES string of the molecule is COc1cc(C(F)F)c(C2CCCCN2)cc1OC. The molecule has 1 aliphatic heterocycles. The van der Waals surface area contributed by atoms with Gasteiger partial charge < -0.3 is 14.8 Å². The van der Waals surface area contributed by atoms with Gasteiger partial charge >= 0.3 is 0 Å². The monoisotopic (exact) mass is 271 g/mol. The Morgan fingerprint density at radius 3 is 2.37 bits per heavy atom. The van der Waals surface area contributed by atoms with Crippen LogP contribution in [-0.4, -0.2) is 20.8 Å². The van der Waals surface area contributed by atoms with Gasteiger partial charge in [-0.2, -0.15) is 0 Å². The van der Waals surface area contributed by atoms with Gasteiger partial charge in [-0.1, -0.05) is 6.42 Å². The minimum atomic E-state index is -2.52. The first-order chi connectivity index (χ1) is 9.17. The van der Waals surface area contributed by atoms with Crippen molar-refractivity contribution >= 4 is 0 Å². The van der Waals surface area contributed by atoms with E-state index in [1.807, 2.05) is 0 Å². The maximum Gasteiger partial charge on any atom is 0.264 e. The third-order valence-corrected chi connectivity index (χ3v) is 3.51. The first-order valence-corrected chi connectivity index (χ1v) is 6.44. The molecule has 1 N–H and O–H groups in total. The second kappa shape index (κ2) is 6.19. The van der Waals surface area contributed by atoms with E-state index in [9.17, 15) is 8.78 Å². The van der Waals surface area contributed by atoms with Crippen LogP contribution in [0.5, 0.6) is 11.5 Å². The van der Waals surface area contributed by atoms with E-state index in [1.165, 1.54) is 20.3 Å². The molecule has 106 valence electrons. The number of nitrogens with one attached hydrogen (secondary N) is 1. The van der Waals surface area contributed by atoms with Crippen molar-refractivity contribution in [2.75, 3.05) is 20.8 Å². The minimum Gasteiger partial charge on any atom is -0.493 e. The highest BCUT2D eigenvalue weighted by molar-refractivity contribution is 5.49. The first kappa shape index (κ1) is 14.1. The highest BCUT2D eigenvalue weighted by Crippen LogP contribution is 2.39. The van der Waals surface area contributed by atoms with Gasteiger partial charge in [0.2, 0.25) is 0 Å². The Labute approximate surface area is 111 Å². The molecule has 3 nitrogen and oxygen atoms in total. The van der Waals surface area contributed by atoms with Gasteiger partial charge in [0.05, 0.1) is 14.2 Å². The molecule has 0 aliphatic carbocycles. The van der Waals surface area contributed by atoms with E-state index in [1.54, 1.807) is 6.07 Å². The first-order valence-electron chi connectivity index (χ1n) is 6.44. The summed E-state index contributed by atoms with van der Waals surface area (Å²) in [5, 5.41) is 3.29. The molecule has 0 aromatic heterocycles. The van der Waals surface area contributed by atoms with Crippen LogP contribution in [0.15, 0.2) is 12.1 Å². The fourth-order valence-corrected chi connectivity index (χ4v) is 2.52. The van der Waals surface area contributed by atoms with Gasteiger partial charge in [-0.15, -0.1) is 0 Å². The number of rotatable bonds is 4. The van der Waals surface area contributed by atoms with Gasteiger partial charge in [-0.25, -0.2) is 8.78 Å². The number of hydrogen-bond acceptors (Lipinski definition) is 3. The summed E-state index contributed by atoms with van der Waals surface area (Å²) in [5.74, 6) is 0.839. The van der Waals surface area contributed by atoms with Crippen molar-refractivity contribution in [2.45, 2.75) is 31.7 Å². The molecule has 0 amide bonds. The van der Waals surface area contributed by atoms with Crippen molar-refractivity contribution < 1.29 is 18.3 Å². The molecule has 19 heavy (non-hydrogen) atoms. The lowest BCUT2D eigenvalue weighted by molar-refractivity contribution is 0.148. The Balaban J connectivity index is 2.43. The van der Waals surface area contributed by atoms with Crippen molar-refractivity contribution in [3.05, 3.63) is 23.3 Å². The minimum absolute atomic E-state index is 0.0250. The van der Waals surface area contributed by atoms with Crippen LogP contribution in [0.25, 0.3) is 0 Å². The van der Waals surface area contributed by atoms with Crippen LogP contribution in [0.3, 0.4) is 0 Å². The topological polar surface area (TPSA) is 30.5 Å². The van der Waals surface area contributed by atoms with Crippen molar-refractivity contribution in [1.29, 1.82) is 0 Å². The van der Waals surface area contributed by atoms with Crippen LogP contribution >= 0.6 is 0 Å². The van der Waals surface area contributed by atoms with E-state index in [-0.39, 0.29) is 11.6 Å². The molecule has 0 radical (unpaired) electrons. The molecular weight excluding hydrogens is 252 g/mol. The van der Waals surface area contributed by atoms with E-state index in [0.717, 1.165) is 25.8 Å². The molecule has 1 aliphatic rings. The number of alkyl halides is 2. The molecule has 0 saturated carbocycles. The Kier molecular flexibility index (Phi) is 4.58.